The molecular weight excluding hydrogens is 230 g/mol. The third-order valence-corrected chi connectivity index (χ3v) is 2.66. The summed E-state index contributed by atoms with van der Waals surface area (Å²) in [7, 11) is 1.59. The van der Waals surface area contributed by atoms with E-state index in [9.17, 15) is 4.79 Å². The smallest absolute Gasteiger partial charge is 0.260 e. The van der Waals surface area contributed by atoms with Crippen molar-refractivity contribution in [3.63, 3.8) is 0 Å². The van der Waals surface area contributed by atoms with E-state index in [1.54, 1.807) is 26.1 Å². The number of likely N-dealkylation sites (N-methyl/N-ethyl adjacent to an activating group) is 1. The molecule has 2 atom stereocenters. The molecule has 18 heavy (non-hydrogen) atoms. The number of hydrogen-bond donors (Lipinski definition) is 1. The molecule has 0 saturated heterocycles. The molecule has 1 aromatic carbocycles. The minimum absolute atomic E-state index is 0.144. The van der Waals surface area contributed by atoms with Gasteiger partial charge in [0, 0.05) is 7.05 Å². The molecule has 1 amide bonds. The van der Waals surface area contributed by atoms with Crippen LogP contribution in [0.2, 0.25) is 0 Å². The molecular formula is C14H21NO3. The molecule has 0 radical (unpaired) electrons. The highest BCUT2D eigenvalue weighted by Gasteiger charge is 2.12. The molecule has 0 aliphatic rings. The Labute approximate surface area is 108 Å². The topological polar surface area (TPSA) is 47.6 Å². The fraction of sp³-hybridized carbons (Fsp3) is 0.500. The molecule has 0 bridgehead atoms. The highest BCUT2D eigenvalue weighted by Crippen LogP contribution is 2.20. The van der Waals surface area contributed by atoms with Gasteiger partial charge in [-0.25, -0.2) is 0 Å². The van der Waals surface area contributed by atoms with Crippen LogP contribution in [-0.2, 0) is 4.79 Å². The lowest BCUT2D eigenvalue weighted by Crippen LogP contribution is -2.33. The van der Waals surface area contributed by atoms with Gasteiger partial charge in [-0.1, -0.05) is 6.92 Å². The monoisotopic (exact) mass is 251 g/mol. The summed E-state index contributed by atoms with van der Waals surface area (Å²) in [5.74, 6) is 1.32. The second kappa shape index (κ2) is 6.89. The molecule has 1 N–H and O–H groups in total. The summed E-state index contributed by atoms with van der Waals surface area (Å²) in [6.45, 7) is 5.81. The number of carbonyl (C=O) groups excluding carboxylic acids is 1. The third-order valence-electron chi connectivity index (χ3n) is 2.66. The van der Waals surface area contributed by atoms with E-state index in [4.69, 9.17) is 9.47 Å². The molecule has 4 nitrogen and oxygen atoms in total. The molecule has 0 aliphatic carbocycles. The summed E-state index contributed by atoms with van der Waals surface area (Å²) in [5, 5.41) is 2.54. The summed E-state index contributed by atoms with van der Waals surface area (Å²) in [6, 6.07) is 7.30. The van der Waals surface area contributed by atoms with Gasteiger partial charge in [0.15, 0.2) is 6.10 Å². The van der Waals surface area contributed by atoms with Crippen LogP contribution in [0.25, 0.3) is 0 Å². The van der Waals surface area contributed by atoms with E-state index in [0.717, 1.165) is 12.2 Å². The molecule has 1 rings (SSSR count). The van der Waals surface area contributed by atoms with E-state index in [1.807, 2.05) is 19.1 Å². The lowest BCUT2D eigenvalue weighted by molar-refractivity contribution is -0.126. The van der Waals surface area contributed by atoms with Crippen molar-refractivity contribution in [2.75, 3.05) is 7.05 Å². The van der Waals surface area contributed by atoms with E-state index in [-0.39, 0.29) is 12.0 Å². The summed E-state index contributed by atoms with van der Waals surface area (Å²) >= 11 is 0. The van der Waals surface area contributed by atoms with Crippen LogP contribution in [0.5, 0.6) is 11.5 Å². The van der Waals surface area contributed by atoms with Gasteiger partial charge in [0.1, 0.15) is 11.5 Å². The van der Waals surface area contributed by atoms with Crippen molar-refractivity contribution in [3.05, 3.63) is 24.3 Å². The van der Waals surface area contributed by atoms with E-state index in [1.165, 1.54) is 0 Å². The van der Waals surface area contributed by atoms with Crippen LogP contribution in [0, 0.1) is 0 Å². The highest BCUT2D eigenvalue weighted by molar-refractivity contribution is 5.80. The van der Waals surface area contributed by atoms with Crippen LogP contribution in [0.15, 0.2) is 24.3 Å². The van der Waals surface area contributed by atoms with Crippen LogP contribution in [0.1, 0.15) is 27.2 Å². The Balaban J connectivity index is 2.57. The third kappa shape index (κ3) is 4.28. The molecule has 4 heteroatoms. The molecule has 0 fully saturated rings. The first-order valence-electron chi connectivity index (χ1n) is 6.21. The van der Waals surface area contributed by atoms with Gasteiger partial charge in [0.2, 0.25) is 0 Å². The zero-order chi connectivity index (χ0) is 13.5. The van der Waals surface area contributed by atoms with Crippen molar-refractivity contribution in [2.24, 2.45) is 0 Å². The fourth-order valence-electron chi connectivity index (χ4n) is 1.37. The van der Waals surface area contributed by atoms with Crippen molar-refractivity contribution in [1.29, 1.82) is 0 Å². The van der Waals surface area contributed by atoms with Crippen LogP contribution < -0.4 is 14.8 Å². The number of benzene rings is 1. The number of ether oxygens (including phenoxy) is 2. The van der Waals surface area contributed by atoms with Gasteiger partial charge in [0.05, 0.1) is 6.10 Å². The Kier molecular flexibility index (Phi) is 5.49. The van der Waals surface area contributed by atoms with Gasteiger partial charge in [-0.2, -0.15) is 0 Å². The minimum atomic E-state index is -0.503. The first-order valence-corrected chi connectivity index (χ1v) is 6.21. The number of hydrogen-bond acceptors (Lipinski definition) is 3. The van der Waals surface area contributed by atoms with E-state index in [0.29, 0.717) is 5.75 Å². The number of carbonyl (C=O) groups is 1. The molecule has 0 aliphatic heterocycles. The summed E-state index contributed by atoms with van der Waals surface area (Å²) < 4.78 is 11.1. The molecule has 1 aromatic rings. The van der Waals surface area contributed by atoms with E-state index in [2.05, 4.69) is 12.2 Å². The Morgan fingerprint density at radius 3 is 2.11 bits per heavy atom. The Bertz CT molecular complexity index is 375. The molecule has 0 saturated carbocycles. The van der Waals surface area contributed by atoms with Crippen molar-refractivity contribution >= 4 is 5.91 Å². The average molecular weight is 251 g/mol. The second-order valence-corrected chi connectivity index (χ2v) is 4.18. The lowest BCUT2D eigenvalue weighted by Gasteiger charge is -2.15. The maximum absolute atomic E-state index is 11.3. The molecule has 0 spiro atoms. The maximum Gasteiger partial charge on any atom is 0.260 e. The van der Waals surface area contributed by atoms with Gasteiger partial charge in [-0.15, -0.1) is 0 Å². The Hall–Kier alpha value is -1.71. The summed E-state index contributed by atoms with van der Waals surface area (Å²) in [4.78, 5) is 11.3. The van der Waals surface area contributed by atoms with Crippen molar-refractivity contribution < 1.29 is 14.3 Å². The van der Waals surface area contributed by atoms with Crippen LogP contribution >= 0.6 is 0 Å². The predicted octanol–water partition coefficient (Wildman–Crippen LogP) is 2.38. The largest absolute Gasteiger partial charge is 0.491 e. The van der Waals surface area contributed by atoms with Crippen molar-refractivity contribution in [3.8, 4) is 11.5 Å². The highest BCUT2D eigenvalue weighted by atomic mass is 16.5. The van der Waals surface area contributed by atoms with E-state index < -0.39 is 6.10 Å². The quantitative estimate of drug-likeness (QED) is 0.844. The van der Waals surface area contributed by atoms with Crippen LogP contribution in [0.3, 0.4) is 0 Å². The first-order chi connectivity index (χ1) is 8.56. The molecule has 0 aromatic heterocycles. The van der Waals surface area contributed by atoms with Gasteiger partial charge in [-0.3, -0.25) is 4.79 Å². The first kappa shape index (κ1) is 14.4. The van der Waals surface area contributed by atoms with Gasteiger partial charge >= 0.3 is 0 Å². The SMILES string of the molecule is CCC(C)Oc1ccc(OC(C)C(=O)NC)cc1. The summed E-state index contributed by atoms with van der Waals surface area (Å²) in [5.41, 5.74) is 0. The Morgan fingerprint density at radius 2 is 1.67 bits per heavy atom. The van der Waals surface area contributed by atoms with E-state index >= 15 is 0 Å². The standard InChI is InChI=1S/C14H21NO3/c1-5-10(2)17-12-6-8-13(9-7-12)18-11(3)14(16)15-4/h6-11H,5H2,1-4H3,(H,15,16). The van der Waals surface area contributed by atoms with Gasteiger partial charge in [0.25, 0.3) is 5.91 Å². The Morgan fingerprint density at radius 1 is 1.17 bits per heavy atom. The predicted molar refractivity (Wildman–Crippen MR) is 71.0 cm³/mol. The zero-order valence-corrected chi connectivity index (χ0v) is 11.4. The van der Waals surface area contributed by atoms with Crippen molar-refractivity contribution in [1.82, 2.24) is 5.32 Å². The number of nitrogens with one attached hydrogen (secondary N) is 1. The number of rotatable bonds is 6. The molecule has 100 valence electrons. The second-order valence-electron chi connectivity index (χ2n) is 4.18. The summed E-state index contributed by atoms with van der Waals surface area (Å²) in [6.07, 6.45) is 0.657. The number of amides is 1. The minimum Gasteiger partial charge on any atom is -0.491 e. The van der Waals surface area contributed by atoms with Crippen LogP contribution in [-0.4, -0.2) is 25.2 Å². The fourth-order valence-corrected chi connectivity index (χ4v) is 1.37. The van der Waals surface area contributed by atoms with Gasteiger partial charge in [-0.05, 0) is 44.5 Å². The lowest BCUT2D eigenvalue weighted by atomic mass is 10.3. The normalized spacial score (nSPS) is 13.6. The van der Waals surface area contributed by atoms with Crippen molar-refractivity contribution in [2.45, 2.75) is 39.4 Å². The maximum atomic E-state index is 11.3. The molecule has 2 unspecified atom stereocenters. The van der Waals surface area contributed by atoms with Crippen LogP contribution in [0.4, 0.5) is 0 Å². The zero-order valence-electron chi connectivity index (χ0n) is 11.4. The van der Waals surface area contributed by atoms with Gasteiger partial charge < -0.3 is 14.8 Å². The average Bonchev–Trinajstić information content (AvgIpc) is 2.39. The molecule has 0 heterocycles.